The van der Waals surface area contributed by atoms with E-state index in [9.17, 15) is 4.79 Å². The minimum Gasteiger partial charge on any atom is -0.371 e. The molecule has 2 amide bonds. The van der Waals surface area contributed by atoms with Crippen molar-refractivity contribution in [1.82, 2.24) is 15.5 Å². The predicted octanol–water partition coefficient (Wildman–Crippen LogP) is 1.69. The first-order chi connectivity index (χ1) is 7.65. The molecule has 0 aromatic carbocycles. The van der Waals surface area contributed by atoms with Crippen LogP contribution in [-0.4, -0.2) is 36.6 Å². The van der Waals surface area contributed by atoms with Crippen LogP contribution in [0.4, 0.5) is 4.79 Å². The van der Waals surface area contributed by atoms with Crippen molar-refractivity contribution in [2.45, 2.75) is 39.2 Å². The lowest BCUT2D eigenvalue weighted by Gasteiger charge is -2.36. The van der Waals surface area contributed by atoms with Gasteiger partial charge in [0, 0.05) is 24.8 Å². The van der Waals surface area contributed by atoms with Gasteiger partial charge in [0.25, 0.3) is 0 Å². The monoisotopic (exact) mass is 225 g/mol. The standard InChI is InChI=1S/C12H23N3O/c1-4-13-12(16)14-9-11(3)15-8-6-5-7-10(15)2/h10H,3-9H2,1-2H3,(H2,13,14,16)/t10-/m0/s1. The van der Waals surface area contributed by atoms with Crippen molar-refractivity contribution in [2.24, 2.45) is 0 Å². The van der Waals surface area contributed by atoms with Crippen molar-refractivity contribution in [3.63, 3.8) is 0 Å². The van der Waals surface area contributed by atoms with Gasteiger partial charge in [-0.25, -0.2) is 4.79 Å². The summed E-state index contributed by atoms with van der Waals surface area (Å²) in [6.45, 7) is 10.4. The maximum Gasteiger partial charge on any atom is 0.315 e. The van der Waals surface area contributed by atoms with E-state index in [4.69, 9.17) is 0 Å². The Bertz CT molecular complexity index is 253. The van der Waals surface area contributed by atoms with E-state index >= 15 is 0 Å². The third-order valence-electron chi connectivity index (χ3n) is 3.00. The first kappa shape index (κ1) is 12.9. The second kappa shape index (κ2) is 6.40. The van der Waals surface area contributed by atoms with Crippen molar-refractivity contribution in [3.8, 4) is 0 Å². The lowest BCUT2D eigenvalue weighted by Crippen LogP contribution is -2.42. The number of likely N-dealkylation sites (tertiary alicyclic amines) is 1. The maximum absolute atomic E-state index is 11.2. The number of rotatable bonds is 4. The predicted molar refractivity (Wildman–Crippen MR) is 66.2 cm³/mol. The van der Waals surface area contributed by atoms with Crippen LogP contribution in [0.25, 0.3) is 0 Å². The number of hydrogen-bond acceptors (Lipinski definition) is 2. The highest BCUT2D eigenvalue weighted by Gasteiger charge is 2.19. The lowest BCUT2D eigenvalue weighted by molar-refractivity contribution is 0.203. The highest BCUT2D eigenvalue weighted by Crippen LogP contribution is 2.19. The van der Waals surface area contributed by atoms with E-state index in [0.29, 0.717) is 19.1 Å². The van der Waals surface area contributed by atoms with Gasteiger partial charge in [0.2, 0.25) is 0 Å². The quantitative estimate of drug-likeness (QED) is 0.765. The molecular weight excluding hydrogens is 202 g/mol. The Morgan fingerprint density at radius 2 is 2.19 bits per heavy atom. The number of nitrogens with one attached hydrogen (secondary N) is 2. The van der Waals surface area contributed by atoms with Crippen molar-refractivity contribution >= 4 is 6.03 Å². The van der Waals surface area contributed by atoms with E-state index in [1.165, 1.54) is 19.3 Å². The molecule has 1 rings (SSSR count). The molecule has 4 heteroatoms. The third kappa shape index (κ3) is 3.76. The minimum atomic E-state index is -0.117. The van der Waals surface area contributed by atoms with Gasteiger partial charge in [-0.3, -0.25) is 0 Å². The van der Waals surface area contributed by atoms with Gasteiger partial charge >= 0.3 is 6.03 Å². The molecule has 0 saturated carbocycles. The first-order valence-corrected chi connectivity index (χ1v) is 6.11. The Morgan fingerprint density at radius 3 is 2.81 bits per heavy atom. The van der Waals surface area contributed by atoms with E-state index in [0.717, 1.165) is 12.2 Å². The molecule has 0 radical (unpaired) electrons. The average Bonchev–Trinajstić information content (AvgIpc) is 2.27. The number of urea groups is 1. The van der Waals surface area contributed by atoms with E-state index in [1.54, 1.807) is 0 Å². The van der Waals surface area contributed by atoms with Crippen molar-refractivity contribution in [1.29, 1.82) is 0 Å². The van der Waals surface area contributed by atoms with Crippen LogP contribution < -0.4 is 10.6 Å². The zero-order valence-corrected chi connectivity index (χ0v) is 10.4. The molecule has 16 heavy (non-hydrogen) atoms. The number of carbonyl (C=O) groups is 1. The molecule has 2 N–H and O–H groups in total. The summed E-state index contributed by atoms with van der Waals surface area (Å²) in [6.07, 6.45) is 3.75. The molecule has 0 aromatic rings. The summed E-state index contributed by atoms with van der Waals surface area (Å²) in [5.41, 5.74) is 1.01. The van der Waals surface area contributed by atoms with Crippen LogP contribution in [0.2, 0.25) is 0 Å². The second-order valence-corrected chi connectivity index (χ2v) is 4.32. The van der Waals surface area contributed by atoms with E-state index < -0.39 is 0 Å². The Kier molecular flexibility index (Phi) is 5.15. The zero-order valence-electron chi connectivity index (χ0n) is 10.4. The van der Waals surface area contributed by atoms with Crippen LogP contribution in [-0.2, 0) is 0 Å². The van der Waals surface area contributed by atoms with E-state index in [1.807, 2.05) is 6.92 Å². The van der Waals surface area contributed by atoms with Crippen LogP contribution in [0.1, 0.15) is 33.1 Å². The van der Waals surface area contributed by atoms with Crippen molar-refractivity contribution < 1.29 is 4.79 Å². The molecule has 92 valence electrons. The Balaban J connectivity index is 2.31. The van der Waals surface area contributed by atoms with Crippen LogP contribution in [0.3, 0.4) is 0 Å². The molecule has 0 aromatic heterocycles. The molecule has 0 bridgehead atoms. The Hall–Kier alpha value is -1.19. The average molecular weight is 225 g/mol. The first-order valence-electron chi connectivity index (χ1n) is 6.11. The Labute approximate surface area is 98.1 Å². The Morgan fingerprint density at radius 1 is 1.44 bits per heavy atom. The fourth-order valence-electron chi connectivity index (χ4n) is 2.07. The number of hydrogen-bond donors (Lipinski definition) is 2. The molecule has 0 spiro atoms. The molecule has 4 nitrogen and oxygen atoms in total. The molecule has 1 saturated heterocycles. The third-order valence-corrected chi connectivity index (χ3v) is 3.00. The summed E-state index contributed by atoms with van der Waals surface area (Å²) >= 11 is 0. The van der Waals surface area contributed by atoms with Gasteiger partial charge in [-0.2, -0.15) is 0 Å². The van der Waals surface area contributed by atoms with Crippen LogP contribution in [0, 0.1) is 0 Å². The van der Waals surface area contributed by atoms with Crippen LogP contribution in [0.15, 0.2) is 12.3 Å². The fraction of sp³-hybridized carbons (Fsp3) is 0.750. The molecule has 1 aliphatic heterocycles. The molecule has 1 fully saturated rings. The van der Waals surface area contributed by atoms with Gasteiger partial charge in [0.1, 0.15) is 0 Å². The van der Waals surface area contributed by atoms with Gasteiger partial charge in [-0.1, -0.05) is 6.58 Å². The molecule has 0 unspecified atom stereocenters. The van der Waals surface area contributed by atoms with Gasteiger partial charge in [0.05, 0.1) is 6.54 Å². The van der Waals surface area contributed by atoms with Crippen molar-refractivity contribution in [2.75, 3.05) is 19.6 Å². The number of amides is 2. The van der Waals surface area contributed by atoms with Gasteiger partial charge < -0.3 is 15.5 Å². The molecule has 1 heterocycles. The van der Waals surface area contributed by atoms with Gasteiger partial charge in [0.15, 0.2) is 0 Å². The lowest BCUT2D eigenvalue weighted by atomic mass is 10.0. The number of nitrogens with zero attached hydrogens (tertiary/aromatic N) is 1. The molecule has 1 aliphatic rings. The highest BCUT2D eigenvalue weighted by atomic mass is 16.2. The largest absolute Gasteiger partial charge is 0.371 e. The van der Waals surface area contributed by atoms with E-state index in [2.05, 4.69) is 29.0 Å². The minimum absolute atomic E-state index is 0.117. The topological polar surface area (TPSA) is 44.4 Å². The zero-order chi connectivity index (χ0) is 12.0. The summed E-state index contributed by atoms with van der Waals surface area (Å²) in [5.74, 6) is 0. The normalized spacial score (nSPS) is 20.4. The van der Waals surface area contributed by atoms with Crippen LogP contribution in [0.5, 0.6) is 0 Å². The number of carbonyl (C=O) groups excluding carboxylic acids is 1. The number of piperidine rings is 1. The molecule has 1 atom stereocenters. The van der Waals surface area contributed by atoms with E-state index in [-0.39, 0.29) is 6.03 Å². The summed E-state index contributed by atoms with van der Waals surface area (Å²) in [6, 6.07) is 0.436. The molecule has 0 aliphatic carbocycles. The van der Waals surface area contributed by atoms with Crippen LogP contribution >= 0.6 is 0 Å². The maximum atomic E-state index is 11.2. The second-order valence-electron chi connectivity index (χ2n) is 4.32. The smallest absolute Gasteiger partial charge is 0.315 e. The van der Waals surface area contributed by atoms with Gasteiger partial charge in [-0.15, -0.1) is 0 Å². The summed E-state index contributed by atoms with van der Waals surface area (Å²) in [4.78, 5) is 13.5. The fourth-order valence-corrected chi connectivity index (χ4v) is 2.07. The summed E-state index contributed by atoms with van der Waals surface area (Å²) < 4.78 is 0. The molecular formula is C12H23N3O. The summed E-state index contributed by atoms with van der Waals surface area (Å²) in [7, 11) is 0. The summed E-state index contributed by atoms with van der Waals surface area (Å²) in [5, 5.41) is 5.52. The highest BCUT2D eigenvalue weighted by molar-refractivity contribution is 5.73. The SMILES string of the molecule is C=C(CNC(=O)NCC)N1CCCC[C@@H]1C. The van der Waals surface area contributed by atoms with Gasteiger partial charge in [-0.05, 0) is 33.1 Å². The van der Waals surface area contributed by atoms with Crippen molar-refractivity contribution in [3.05, 3.63) is 12.3 Å².